The molecule has 2 heteroatoms. The van der Waals surface area contributed by atoms with Crippen molar-refractivity contribution in [1.82, 2.24) is 0 Å². The molecule has 0 N–H and O–H groups in total. The average Bonchev–Trinajstić information content (AvgIpc) is 2.58. The van der Waals surface area contributed by atoms with Gasteiger partial charge in [-0.25, -0.2) is 0 Å². The molecule has 141 valence electrons. The third-order valence-corrected chi connectivity index (χ3v) is 13.9. The van der Waals surface area contributed by atoms with Gasteiger partial charge in [0.1, 0.15) is 0 Å². The Labute approximate surface area is 176 Å². The van der Waals surface area contributed by atoms with E-state index >= 15 is 0 Å². The van der Waals surface area contributed by atoms with E-state index in [4.69, 9.17) is 0 Å². The molecule has 0 atom stereocenters. The van der Waals surface area contributed by atoms with Crippen molar-refractivity contribution in [2.45, 2.75) is 69.7 Å². The van der Waals surface area contributed by atoms with E-state index in [2.05, 4.69) is 106 Å². The van der Waals surface area contributed by atoms with Crippen LogP contribution in [0, 0.1) is 0 Å². The molecule has 2 aromatic carbocycles. The van der Waals surface area contributed by atoms with E-state index in [-0.39, 0.29) is 10.8 Å². The molecular weight excluding hydrogens is 487 g/mol. The number of rotatable bonds is 6. The molecule has 0 aromatic heterocycles. The van der Waals surface area contributed by atoms with Gasteiger partial charge in [0.2, 0.25) is 0 Å². The van der Waals surface area contributed by atoms with Gasteiger partial charge < -0.3 is 0 Å². The van der Waals surface area contributed by atoms with Crippen molar-refractivity contribution in [2.24, 2.45) is 0 Å². The van der Waals surface area contributed by atoms with Gasteiger partial charge in [-0.15, -0.1) is 0 Å². The summed E-state index contributed by atoms with van der Waals surface area (Å²) in [6.45, 7) is 13.8. The Hall–Kier alpha value is -0.281. The van der Waals surface area contributed by atoms with E-state index in [1.165, 1.54) is 28.4 Å². The Morgan fingerprint density at radius 3 is 1.35 bits per heavy atom. The summed E-state index contributed by atoms with van der Waals surface area (Å²) in [6.07, 6.45) is 2.62. The first-order chi connectivity index (χ1) is 12.1. The summed E-state index contributed by atoms with van der Waals surface area (Å²) in [5.74, 6) is 0. The van der Waals surface area contributed by atoms with Gasteiger partial charge in [-0.2, -0.15) is 0 Å². The van der Waals surface area contributed by atoms with Crippen molar-refractivity contribution in [3.8, 4) is 0 Å². The van der Waals surface area contributed by atoms with Crippen LogP contribution in [0.2, 0.25) is 4.44 Å². The Morgan fingerprint density at radius 1 is 0.654 bits per heavy atom. The SMILES string of the molecule is CC(C)(C)c1cc[c]([Sn]([CH2]CCCBr)[c]2ccc(C(C)(C)C)cc2)cc1. The van der Waals surface area contributed by atoms with Crippen LogP contribution in [0.25, 0.3) is 0 Å². The van der Waals surface area contributed by atoms with Crippen molar-refractivity contribution in [2.75, 3.05) is 5.33 Å². The molecule has 0 aliphatic heterocycles. The Bertz CT molecular complexity index is 615. The molecule has 0 spiro atoms. The second-order valence-electron chi connectivity index (χ2n) is 9.28. The van der Waals surface area contributed by atoms with Gasteiger partial charge in [0.15, 0.2) is 0 Å². The molecule has 0 saturated carbocycles. The van der Waals surface area contributed by atoms with Crippen molar-refractivity contribution < 1.29 is 0 Å². The van der Waals surface area contributed by atoms with E-state index < -0.39 is 19.8 Å². The fourth-order valence-corrected chi connectivity index (χ4v) is 11.2. The van der Waals surface area contributed by atoms with Gasteiger partial charge in [-0.1, -0.05) is 0 Å². The number of unbranched alkanes of at least 4 members (excludes halogenated alkanes) is 1. The summed E-state index contributed by atoms with van der Waals surface area (Å²) < 4.78 is 4.68. The monoisotopic (exact) mass is 521 g/mol. The molecule has 0 aliphatic rings. The first-order valence-electron chi connectivity index (χ1n) is 9.76. The van der Waals surface area contributed by atoms with E-state index in [1.54, 1.807) is 7.16 Å². The molecule has 0 heterocycles. The van der Waals surface area contributed by atoms with E-state index in [0.29, 0.717) is 0 Å². The first-order valence-corrected chi connectivity index (χ1v) is 15.8. The standard InChI is InChI=1S/2C10H13.C4H8Br.Sn/c2*1-10(2,3)9-7-5-4-6-8-9;1-2-3-4-5;/h2*5-8H,1-3H3;1-4H2;. The number of halogens is 1. The molecule has 2 aromatic rings. The van der Waals surface area contributed by atoms with Crippen LogP contribution in [-0.2, 0) is 10.8 Å². The number of hydrogen-bond acceptors (Lipinski definition) is 0. The third-order valence-electron chi connectivity index (χ3n) is 5.01. The second kappa shape index (κ2) is 9.28. The molecule has 0 nitrogen and oxygen atoms in total. The zero-order valence-electron chi connectivity index (χ0n) is 17.3. The Morgan fingerprint density at radius 2 is 1.04 bits per heavy atom. The average molecular weight is 521 g/mol. The summed E-state index contributed by atoms with van der Waals surface area (Å²) in [7, 11) is 0. The molecule has 0 saturated heterocycles. The molecule has 0 fully saturated rings. The molecule has 0 amide bonds. The van der Waals surface area contributed by atoms with Crippen molar-refractivity contribution >= 4 is 42.8 Å². The predicted octanol–water partition coefficient (Wildman–Crippen LogP) is 6.07. The van der Waals surface area contributed by atoms with Crippen molar-refractivity contribution in [3.05, 3.63) is 59.7 Å². The topological polar surface area (TPSA) is 0 Å². The number of hydrogen-bond donors (Lipinski definition) is 0. The summed E-state index contributed by atoms with van der Waals surface area (Å²) in [5.41, 5.74) is 3.33. The molecule has 0 bridgehead atoms. The van der Waals surface area contributed by atoms with Gasteiger partial charge in [0.25, 0.3) is 0 Å². The summed E-state index contributed by atoms with van der Waals surface area (Å²) >= 11 is 1.76. The molecular formula is C24H34BrSn. The second-order valence-corrected chi connectivity index (χ2v) is 17.5. The molecule has 1 radical (unpaired) electrons. The number of benzene rings is 2. The fraction of sp³-hybridized carbons (Fsp3) is 0.500. The quantitative estimate of drug-likeness (QED) is 0.246. The fourth-order valence-electron chi connectivity index (χ4n) is 3.19. The summed E-state index contributed by atoms with van der Waals surface area (Å²) in [6, 6.07) is 19.2. The van der Waals surface area contributed by atoms with Crippen LogP contribution in [0.3, 0.4) is 0 Å². The van der Waals surface area contributed by atoms with E-state index in [9.17, 15) is 0 Å². The van der Waals surface area contributed by atoms with E-state index in [0.717, 1.165) is 5.33 Å². The Balaban J connectivity index is 2.31. The van der Waals surface area contributed by atoms with Crippen LogP contribution in [0.15, 0.2) is 48.5 Å². The van der Waals surface area contributed by atoms with E-state index in [1.807, 2.05) is 0 Å². The zero-order chi connectivity index (χ0) is 19.4. The normalized spacial score (nSPS) is 12.6. The molecule has 26 heavy (non-hydrogen) atoms. The summed E-state index contributed by atoms with van der Waals surface area (Å²) in [4.78, 5) is 0. The molecule has 0 unspecified atom stereocenters. The van der Waals surface area contributed by atoms with Crippen molar-refractivity contribution in [3.63, 3.8) is 0 Å². The van der Waals surface area contributed by atoms with Gasteiger partial charge in [-0.05, 0) is 0 Å². The van der Waals surface area contributed by atoms with Crippen molar-refractivity contribution in [1.29, 1.82) is 0 Å². The third kappa shape index (κ3) is 6.12. The van der Waals surface area contributed by atoms with Crippen LogP contribution in [0.4, 0.5) is 0 Å². The molecule has 0 aliphatic carbocycles. The van der Waals surface area contributed by atoms with Gasteiger partial charge in [-0.3, -0.25) is 0 Å². The van der Waals surface area contributed by atoms with Crippen LogP contribution >= 0.6 is 15.9 Å². The van der Waals surface area contributed by atoms with Gasteiger partial charge in [0.05, 0.1) is 0 Å². The minimum atomic E-state index is -1.83. The maximum absolute atomic E-state index is 3.60. The predicted molar refractivity (Wildman–Crippen MR) is 123 cm³/mol. The van der Waals surface area contributed by atoms with Crippen LogP contribution in [0.1, 0.15) is 65.5 Å². The summed E-state index contributed by atoms with van der Waals surface area (Å²) in [5, 5.41) is 1.12. The zero-order valence-corrected chi connectivity index (χ0v) is 21.8. The van der Waals surface area contributed by atoms with Gasteiger partial charge in [0, 0.05) is 0 Å². The van der Waals surface area contributed by atoms with Crippen LogP contribution in [0.5, 0.6) is 0 Å². The Kier molecular flexibility index (Phi) is 7.85. The molecule has 2 rings (SSSR count). The van der Waals surface area contributed by atoms with Crippen LogP contribution < -0.4 is 7.16 Å². The first kappa shape index (κ1) is 22.0. The van der Waals surface area contributed by atoms with Crippen LogP contribution in [-0.4, -0.2) is 25.1 Å². The number of alkyl halides is 1. The minimum absolute atomic E-state index is 0.229. The van der Waals surface area contributed by atoms with Gasteiger partial charge >= 0.3 is 177 Å². The maximum atomic E-state index is 3.60.